The van der Waals surface area contributed by atoms with Crippen LogP contribution in [0.3, 0.4) is 0 Å². The molecule has 0 saturated carbocycles. The molecule has 18 heavy (non-hydrogen) atoms. The molecule has 2 rings (SSSR count). The van der Waals surface area contributed by atoms with Gasteiger partial charge in [-0.25, -0.2) is 13.1 Å². The van der Waals surface area contributed by atoms with Crippen LogP contribution in [0.5, 0.6) is 0 Å². The van der Waals surface area contributed by atoms with Gasteiger partial charge in [0.1, 0.15) is 4.21 Å². The summed E-state index contributed by atoms with van der Waals surface area (Å²) in [6, 6.07) is 3.60. The standard InChI is InChI=1S/C12H20N2O2S2/c1-3-10-4-5-11(17-10)18(15,16)14-12(2)6-8-13-9-7-12/h4-5,13-14H,3,6-9H2,1-2H3. The van der Waals surface area contributed by atoms with E-state index < -0.39 is 10.0 Å². The Morgan fingerprint density at radius 2 is 2.06 bits per heavy atom. The molecule has 102 valence electrons. The number of hydrogen-bond acceptors (Lipinski definition) is 4. The predicted octanol–water partition coefficient (Wildman–Crippen LogP) is 1.73. The molecule has 0 unspecified atom stereocenters. The van der Waals surface area contributed by atoms with Gasteiger partial charge in [0.05, 0.1) is 0 Å². The topological polar surface area (TPSA) is 58.2 Å². The second kappa shape index (κ2) is 5.28. The van der Waals surface area contributed by atoms with E-state index in [9.17, 15) is 8.42 Å². The Morgan fingerprint density at radius 3 is 2.61 bits per heavy atom. The van der Waals surface area contributed by atoms with Gasteiger partial charge in [0.2, 0.25) is 0 Å². The molecule has 0 bridgehead atoms. The molecule has 0 aliphatic carbocycles. The Balaban J connectivity index is 2.16. The van der Waals surface area contributed by atoms with Crippen molar-refractivity contribution in [3.8, 4) is 0 Å². The van der Waals surface area contributed by atoms with Gasteiger partial charge in [0.25, 0.3) is 10.0 Å². The van der Waals surface area contributed by atoms with Crippen molar-refractivity contribution < 1.29 is 8.42 Å². The third-order valence-electron chi connectivity index (χ3n) is 3.34. The van der Waals surface area contributed by atoms with E-state index in [2.05, 4.69) is 10.0 Å². The molecular weight excluding hydrogens is 268 g/mol. The Kier molecular flexibility index (Phi) is 4.11. The van der Waals surface area contributed by atoms with E-state index in [1.165, 1.54) is 11.3 Å². The summed E-state index contributed by atoms with van der Waals surface area (Å²) >= 11 is 1.36. The molecule has 0 amide bonds. The summed E-state index contributed by atoms with van der Waals surface area (Å²) in [5, 5.41) is 3.25. The lowest BCUT2D eigenvalue weighted by Crippen LogP contribution is -2.52. The average molecular weight is 288 g/mol. The van der Waals surface area contributed by atoms with Gasteiger partial charge in [-0.1, -0.05) is 6.92 Å². The fourth-order valence-electron chi connectivity index (χ4n) is 2.15. The van der Waals surface area contributed by atoms with Crippen LogP contribution in [0, 0.1) is 0 Å². The molecule has 1 aliphatic rings. The third-order valence-corrected chi connectivity index (χ3v) is 6.70. The molecule has 0 spiro atoms. The second-order valence-corrected chi connectivity index (χ2v) is 8.07. The van der Waals surface area contributed by atoms with Crippen LogP contribution in [0.1, 0.15) is 31.6 Å². The number of piperidine rings is 1. The zero-order valence-corrected chi connectivity index (χ0v) is 12.5. The summed E-state index contributed by atoms with van der Waals surface area (Å²) in [6.07, 6.45) is 2.54. The van der Waals surface area contributed by atoms with Gasteiger partial charge in [-0.05, 0) is 51.4 Å². The minimum Gasteiger partial charge on any atom is -0.317 e. The molecule has 1 saturated heterocycles. The lowest BCUT2D eigenvalue weighted by atomic mass is 9.92. The zero-order valence-electron chi connectivity index (χ0n) is 10.8. The van der Waals surface area contributed by atoms with Crippen molar-refractivity contribution >= 4 is 21.4 Å². The summed E-state index contributed by atoms with van der Waals surface area (Å²) in [7, 11) is -3.37. The van der Waals surface area contributed by atoms with E-state index in [-0.39, 0.29) is 5.54 Å². The van der Waals surface area contributed by atoms with Crippen LogP contribution in [0.15, 0.2) is 16.3 Å². The van der Waals surface area contributed by atoms with Crippen molar-refractivity contribution in [3.63, 3.8) is 0 Å². The highest BCUT2D eigenvalue weighted by atomic mass is 32.2. The van der Waals surface area contributed by atoms with Crippen molar-refractivity contribution in [3.05, 3.63) is 17.0 Å². The molecule has 2 heterocycles. The van der Waals surface area contributed by atoms with Gasteiger partial charge in [0, 0.05) is 10.4 Å². The SMILES string of the molecule is CCc1ccc(S(=O)(=O)NC2(C)CCNCC2)s1. The smallest absolute Gasteiger partial charge is 0.250 e. The minimum atomic E-state index is -3.37. The van der Waals surface area contributed by atoms with Crippen LogP contribution in [0.25, 0.3) is 0 Å². The highest BCUT2D eigenvalue weighted by Gasteiger charge is 2.32. The average Bonchev–Trinajstić information content (AvgIpc) is 2.77. The molecule has 1 fully saturated rings. The summed E-state index contributed by atoms with van der Waals surface area (Å²) in [5.41, 5.74) is -0.319. The van der Waals surface area contributed by atoms with Crippen LogP contribution in [-0.4, -0.2) is 27.0 Å². The van der Waals surface area contributed by atoms with E-state index in [1.54, 1.807) is 6.07 Å². The Hall–Kier alpha value is -0.430. The van der Waals surface area contributed by atoms with Crippen molar-refractivity contribution in [2.75, 3.05) is 13.1 Å². The number of hydrogen-bond donors (Lipinski definition) is 2. The monoisotopic (exact) mass is 288 g/mol. The Morgan fingerprint density at radius 1 is 1.39 bits per heavy atom. The van der Waals surface area contributed by atoms with Gasteiger partial charge < -0.3 is 5.32 Å². The van der Waals surface area contributed by atoms with E-state index >= 15 is 0 Å². The first-order valence-electron chi connectivity index (χ1n) is 6.29. The zero-order chi connectivity index (χ0) is 13.2. The maximum Gasteiger partial charge on any atom is 0.250 e. The van der Waals surface area contributed by atoms with Crippen LogP contribution in [0.4, 0.5) is 0 Å². The summed E-state index contributed by atoms with van der Waals surface area (Å²) < 4.78 is 27.9. The fraction of sp³-hybridized carbons (Fsp3) is 0.667. The van der Waals surface area contributed by atoms with E-state index in [4.69, 9.17) is 0 Å². The van der Waals surface area contributed by atoms with Gasteiger partial charge in [-0.2, -0.15) is 0 Å². The van der Waals surface area contributed by atoms with Gasteiger partial charge in [-0.15, -0.1) is 11.3 Å². The Bertz CT molecular complexity index is 502. The van der Waals surface area contributed by atoms with E-state index in [0.717, 1.165) is 37.2 Å². The second-order valence-electron chi connectivity index (χ2n) is 4.99. The molecule has 6 heteroatoms. The minimum absolute atomic E-state index is 0.319. The number of sulfonamides is 1. The lowest BCUT2D eigenvalue weighted by molar-refractivity contribution is 0.308. The Labute approximate surface area is 113 Å². The molecular formula is C12H20N2O2S2. The fourth-order valence-corrected chi connectivity index (χ4v) is 4.91. The molecule has 1 aromatic rings. The lowest BCUT2D eigenvalue weighted by Gasteiger charge is -2.34. The number of aryl methyl sites for hydroxylation is 1. The van der Waals surface area contributed by atoms with Crippen LogP contribution in [-0.2, 0) is 16.4 Å². The predicted molar refractivity (Wildman–Crippen MR) is 74.5 cm³/mol. The van der Waals surface area contributed by atoms with Crippen molar-refractivity contribution in [1.29, 1.82) is 0 Å². The number of rotatable bonds is 4. The first kappa shape index (κ1) is 14.0. The molecule has 1 aromatic heterocycles. The van der Waals surface area contributed by atoms with E-state index in [1.807, 2.05) is 19.9 Å². The molecule has 0 radical (unpaired) electrons. The van der Waals surface area contributed by atoms with Crippen LogP contribution in [0.2, 0.25) is 0 Å². The van der Waals surface area contributed by atoms with Crippen LogP contribution < -0.4 is 10.0 Å². The maximum absolute atomic E-state index is 12.3. The number of thiophene rings is 1. The highest BCUT2D eigenvalue weighted by molar-refractivity contribution is 7.91. The van der Waals surface area contributed by atoms with Gasteiger partial charge >= 0.3 is 0 Å². The molecule has 0 atom stereocenters. The summed E-state index contributed by atoms with van der Waals surface area (Å²) in [4.78, 5) is 1.10. The van der Waals surface area contributed by atoms with Crippen molar-refractivity contribution in [1.82, 2.24) is 10.0 Å². The normalized spacial score (nSPS) is 19.9. The quantitative estimate of drug-likeness (QED) is 0.887. The van der Waals surface area contributed by atoms with Gasteiger partial charge in [-0.3, -0.25) is 0 Å². The maximum atomic E-state index is 12.3. The summed E-state index contributed by atoms with van der Waals surface area (Å²) in [5.74, 6) is 0. The molecule has 0 aromatic carbocycles. The first-order chi connectivity index (χ1) is 8.45. The number of nitrogens with one attached hydrogen (secondary N) is 2. The molecule has 2 N–H and O–H groups in total. The summed E-state index contributed by atoms with van der Waals surface area (Å²) in [6.45, 7) is 5.75. The first-order valence-corrected chi connectivity index (χ1v) is 8.59. The molecule has 1 aliphatic heterocycles. The molecule has 4 nitrogen and oxygen atoms in total. The third kappa shape index (κ3) is 3.12. The van der Waals surface area contributed by atoms with Crippen LogP contribution >= 0.6 is 11.3 Å². The van der Waals surface area contributed by atoms with E-state index in [0.29, 0.717) is 4.21 Å². The highest BCUT2D eigenvalue weighted by Crippen LogP contribution is 2.25. The van der Waals surface area contributed by atoms with Crippen molar-refractivity contribution in [2.45, 2.75) is 42.9 Å². The largest absolute Gasteiger partial charge is 0.317 e. The van der Waals surface area contributed by atoms with Crippen molar-refractivity contribution in [2.24, 2.45) is 0 Å². The van der Waals surface area contributed by atoms with Gasteiger partial charge in [0.15, 0.2) is 0 Å².